The van der Waals surface area contributed by atoms with E-state index in [9.17, 15) is 0 Å². The van der Waals surface area contributed by atoms with Crippen LogP contribution < -0.4 is 9.47 Å². The number of H-pyrrole nitrogens is 1. The van der Waals surface area contributed by atoms with Crippen LogP contribution in [-0.4, -0.2) is 31.8 Å². The van der Waals surface area contributed by atoms with Crippen molar-refractivity contribution in [3.05, 3.63) is 53.9 Å². The first-order valence-corrected chi connectivity index (χ1v) is 8.04. The quantitative estimate of drug-likeness (QED) is 0.752. The summed E-state index contributed by atoms with van der Waals surface area (Å²) in [6, 6.07) is 6.08. The lowest BCUT2D eigenvalue weighted by Crippen LogP contribution is -2.02. The molecule has 0 bridgehead atoms. The average Bonchev–Trinajstić information content (AvgIpc) is 3.33. The molecule has 7 heteroatoms. The highest BCUT2D eigenvalue weighted by atomic mass is 16.7. The highest BCUT2D eigenvalue weighted by Gasteiger charge is 2.16. The smallest absolute Gasteiger partial charge is 0.231 e. The Bertz CT molecular complexity index is 812. The van der Waals surface area contributed by atoms with Crippen LogP contribution in [0.15, 0.2) is 36.9 Å². The van der Waals surface area contributed by atoms with Gasteiger partial charge in [0.05, 0.1) is 12.0 Å². The Hall–Kier alpha value is -2.83. The van der Waals surface area contributed by atoms with E-state index in [0.29, 0.717) is 6.79 Å². The highest BCUT2D eigenvalue weighted by molar-refractivity contribution is 5.44. The van der Waals surface area contributed by atoms with Crippen molar-refractivity contribution in [1.29, 1.82) is 0 Å². The van der Waals surface area contributed by atoms with E-state index in [1.54, 1.807) is 6.33 Å². The van der Waals surface area contributed by atoms with Crippen molar-refractivity contribution < 1.29 is 9.47 Å². The molecule has 1 aliphatic rings. The third kappa shape index (κ3) is 3.10. The molecule has 24 heavy (non-hydrogen) atoms. The van der Waals surface area contributed by atoms with E-state index in [1.807, 2.05) is 29.2 Å². The molecule has 1 atom stereocenters. The van der Waals surface area contributed by atoms with Gasteiger partial charge in [-0.05, 0) is 24.1 Å². The fraction of sp³-hybridized carbons (Fsp3) is 0.353. The van der Waals surface area contributed by atoms with Gasteiger partial charge in [-0.3, -0.25) is 4.68 Å². The van der Waals surface area contributed by atoms with Crippen LogP contribution in [0.1, 0.15) is 29.8 Å². The summed E-state index contributed by atoms with van der Waals surface area (Å²) in [5.74, 6) is 1.92. The number of hydrogen-bond donors (Lipinski definition) is 1. The van der Waals surface area contributed by atoms with Crippen molar-refractivity contribution in [3.63, 3.8) is 0 Å². The molecule has 4 rings (SSSR count). The number of aromatic amines is 1. The monoisotopic (exact) mass is 325 g/mol. The number of nitrogens with one attached hydrogen (secondary N) is 1. The Balaban J connectivity index is 1.38. The molecule has 3 aromatic rings. The number of hydrogen-bond acceptors (Lipinski definition) is 5. The van der Waals surface area contributed by atoms with Crippen LogP contribution in [0.3, 0.4) is 0 Å². The normalized spacial score (nSPS) is 14.0. The SMILES string of the molecule is C[C@H](Cc1ccc2c(c1)OCO2)c1cn(CCc2cnc[nH]2)nn1. The second kappa shape index (κ2) is 6.35. The van der Waals surface area contributed by atoms with Gasteiger partial charge in [0.2, 0.25) is 6.79 Å². The predicted octanol–water partition coefficient (Wildman–Crippen LogP) is 2.32. The molecule has 0 radical (unpaired) electrons. The minimum absolute atomic E-state index is 0.284. The third-order valence-corrected chi connectivity index (χ3v) is 4.21. The van der Waals surface area contributed by atoms with Crippen LogP contribution in [-0.2, 0) is 19.4 Å². The Kier molecular flexibility index (Phi) is 3.90. The van der Waals surface area contributed by atoms with Gasteiger partial charge in [0.25, 0.3) is 0 Å². The molecule has 124 valence electrons. The molecule has 0 spiro atoms. The van der Waals surface area contributed by atoms with Crippen molar-refractivity contribution in [1.82, 2.24) is 25.0 Å². The van der Waals surface area contributed by atoms with Gasteiger partial charge in [0, 0.05) is 37.0 Å². The van der Waals surface area contributed by atoms with Crippen LogP contribution >= 0.6 is 0 Å². The number of ether oxygens (including phenoxy) is 2. The first kappa shape index (κ1) is 14.7. The Morgan fingerprint density at radius 3 is 3.08 bits per heavy atom. The third-order valence-electron chi connectivity index (χ3n) is 4.21. The molecule has 7 nitrogen and oxygen atoms in total. The molecule has 0 unspecified atom stereocenters. The molecule has 1 N–H and O–H groups in total. The lowest BCUT2D eigenvalue weighted by atomic mass is 9.98. The summed E-state index contributed by atoms with van der Waals surface area (Å²) in [7, 11) is 0. The maximum Gasteiger partial charge on any atom is 0.231 e. The summed E-state index contributed by atoms with van der Waals surface area (Å²) in [4.78, 5) is 7.11. The molecule has 0 amide bonds. The van der Waals surface area contributed by atoms with Gasteiger partial charge in [-0.15, -0.1) is 5.10 Å². The number of aromatic nitrogens is 5. The van der Waals surface area contributed by atoms with E-state index in [2.05, 4.69) is 33.3 Å². The van der Waals surface area contributed by atoms with E-state index in [1.165, 1.54) is 5.56 Å². The van der Waals surface area contributed by atoms with Gasteiger partial charge in [0.1, 0.15) is 0 Å². The molecule has 3 heterocycles. The molecular formula is C17H19N5O2. The number of aryl methyl sites for hydroxylation is 2. The van der Waals surface area contributed by atoms with Crippen LogP contribution in [0, 0.1) is 0 Å². The minimum atomic E-state index is 0.284. The molecule has 0 saturated heterocycles. The lowest BCUT2D eigenvalue weighted by molar-refractivity contribution is 0.174. The standard InChI is InChI=1S/C17H19N5O2/c1-12(6-13-2-3-16-17(7-13)24-11-23-16)15-9-22(21-20-15)5-4-14-8-18-10-19-14/h2-3,7-10,12H,4-6,11H2,1H3,(H,18,19)/t12-/m1/s1. The molecule has 0 saturated carbocycles. The maximum atomic E-state index is 5.44. The van der Waals surface area contributed by atoms with Gasteiger partial charge in [-0.25, -0.2) is 4.98 Å². The Labute approximate surface area is 139 Å². The summed E-state index contributed by atoms with van der Waals surface area (Å²) < 4.78 is 12.7. The van der Waals surface area contributed by atoms with Gasteiger partial charge in [-0.1, -0.05) is 18.2 Å². The lowest BCUT2D eigenvalue weighted by Gasteiger charge is -2.08. The van der Waals surface area contributed by atoms with Crippen LogP contribution in [0.2, 0.25) is 0 Å². The second-order valence-corrected chi connectivity index (χ2v) is 6.03. The average molecular weight is 325 g/mol. The molecule has 0 aliphatic carbocycles. The van der Waals surface area contributed by atoms with Gasteiger partial charge in [-0.2, -0.15) is 0 Å². The zero-order valence-corrected chi connectivity index (χ0v) is 13.5. The van der Waals surface area contributed by atoms with Crippen molar-refractivity contribution in [2.45, 2.75) is 32.2 Å². The van der Waals surface area contributed by atoms with Gasteiger partial charge >= 0.3 is 0 Å². The van der Waals surface area contributed by atoms with Crippen molar-refractivity contribution in [2.75, 3.05) is 6.79 Å². The molecule has 0 fully saturated rings. The number of imidazole rings is 1. The van der Waals surface area contributed by atoms with Crippen LogP contribution in [0.4, 0.5) is 0 Å². The highest BCUT2D eigenvalue weighted by Crippen LogP contribution is 2.33. The molecule has 1 aliphatic heterocycles. The van der Waals surface area contributed by atoms with E-state index < -0.39 is 0 Å². The number of benzene rings is 1. The second-order valence-electron chi connectivity index (χ2n) is 6.03. The Morgan fingerprint density at radius 2 is 2.21 bits per heavy atom. The minimum Gasteiger partial charge on any atom is -0.454 e. The summed E-state index contributed by atoms with van der Waals surface area (Å²) in [5.41, 5.74) is 3.30. The number of nitrogens with zero attached hydrogens (tertiary/aromatic N) is 4. The Morgan fingerprint density at radius 1 is 1.29 bits per heavy atom. The number of fused-ring (bicyclic) bond motifs is 1. The van der Waals surface area contributed by atoms with E-state index in [0.717, 1.165) is 42.3 Å². The zero-order valence-electron chi connectivity index (χ0n) is 13.5. The fourth-order valence-electron chi connectivity index (χ4n) is 2.83. The van der Waals surface area contributed by atoms with E-state index in [-0.39, 0.29) is 5.92 Å². The van der Waals surface area contributed by atoms with E-state index in [4.69, 9.17) is 9.47 Å². The summed E-state index contributed by atoms with van der Waals surface area (Å²) in [6.45, 7) is 3.25. The molecule has 1 aromatic carbocycles. The topological polar surface area (TPSA) is 77.9 Å². The van der Waals surface area contributed by atoms with E-state index >= 15 is 0 Å². The fourth-order valence-corrected chi connectivity index (χ4v) is 2.83. The maximum absolute atomic E-state index is 5.44. The van der Waals surface area contributed by atoms with Crippen molar-refractivity contribution in [3.8, 4) is 11.5 Å². The summed E-state index contributed by atoms with van der Waals surface area (Å²) >= 11 is 0. The van der Waals surface area contributed by atoms with Crippen LogP contribution in [0.25, 0.3) is 0 Å². The zero-order chi connectivity index (χ0) is 16.4. The molecular weight excluding hydrogens is 306 g/mol. The van der Waals surface area contributed by atoms with Crippen LogP contribution in [0.5, 0.6) is 11.5 Å². The van der Waals surface area contributed by atoms with Gasteiger partial charge < -0.3 is 14.5 Å². The largest absolute Gasteiger partial charge is 0.454 e. The van der Waals surface area contributed by atoms with Gasteiger partial charge in [0.15, 0.2) is 11.5 Å². The first-order chi connectivity index (χ1) is 11.8. The summed E-state index contributed by atoms with van der Waals surface area (Å²) in [6.07, 6.45) is 7.29. The number of rotatable bonds is 6. The summed E-state index contributed by atoms with van der Waals surface area (Å²) in [5, 5.41) is 8.54. The van der Waals surface area contributed by atoms with Crippen molar-refractivity contribution >= 4 is 0 Å². The molecule has 2 aromatic heterocycles. The first-order valence-electron chi connectivity index (χ1n) is 8.04. The van der Waals surface area contributed by atoms with Crippen molar-refractivity contribution in [2.24, 2.45) is 0 Å². The predicted molar refractivity (Wildman–Crippen MR) is 87.0 cm³/mol.